The molecule has 0 unspecified atom stereocenters. The van der Waals surface area contributed by atoms with E-state index in [4.69, 9.17) is 0 Å². The molecule has 32 heavy (non-hydrogen) atoms. The minimum absolute atomic E-state index is 0.287. The number of anilines is 2. The Labute approximate surface area is 184 Å². The van der Waals surface area contributed by atoms with Crippen LogP contribution in [0.3, 0.4) is 0 Å². The molecule has 3 aromatic heterocycles. The molecule has 1 atom stereocenters. The number of aromatic nitrogens is 6. The van der Waals surface area contributed by atoms with Crippen molar-refractivity contribution in [1.29, 1.82) is 0 Å². The molecule has 4 aromatic rings. The second kappa shape index (κ2) is 7.57. The second-order valence-corrected chi connectivity index (χ2v) is 7.80. The first kappa shape index (κ1) is 19.9. The number of aryl methyl sites for hydroxylation is 1. The third-order valence-electron chi connectivity index (χ3n) is 5.56. The van der Waals surface area contributed by atoms with Crippen molar-refractivity contribution < 1.29 is 9.90 Å². The number of hydrogen-bond acceptors (Lipinski definition) is 7. The van der Waals surface area contributed by atoms with Crippen molar-refractivity contribution >= 4 is 17.7 Å². The Hall–Kier alpha value is -4.05. The van der Waals surface area contributed by atoms with Crippen LogP contribution in [0.15, 0.2) is 61.1 Å². The molecule has 0 bridgehead atoms. The van der Waals surface area contributed by atoms with E-state index in [0.717, 1.165) is 5.69 Å². The summed E-state index contributed by atoms with van der Waals surface area (Å²) in [5, 5.41) is 22.9. The molecule has 1 amide bonds. The van der Waals surface area contributed by atoms with Crippen LogP contribution >= 0.6 is 0 Å². The predicted octanol–water partition coefficient (Wildman–Crippen LogP) is 1.86. The number of nitrogens with zero attached hydrogens (tertiary/aromatic N) is 7. The van der Waals surface area contributed by atoms with Crippen molar-refractivity contribution in [3.05, 3.63) is 66.6 Å². The largest absolute Gasteiger partial charge is 0.375 e. The molecule has 1 aromatic carbocycles. The second-order valence-electron chi connectivity index (χ2n) is 7.80. The summed E-state index contributed by atoms with van der Waals surface area (Å²) in [6.07, 6.45) is 5.67. The van der Waals surface area contributed by atoms with Crippen LogP contribution in [0.25, 0.3) is 17.1 Å². The van der Waals surface area contributed by atoms with Crippen LogP contribution in [0.4, 0.5) is 11.8 Å². The fourth-order valence-electron chi connectivity index (χ4n) is 3.79. The minimum Gasteiger partial charge on any atom is -0.375 e. The molecule has 1 saturated heterocycles. The molecule has 1 fully saturated rings. The van der Waals surface area contributed by atoms with Crippen LogP contribution in [-0.2, 0) is 17.4 Å². The number of aliphatic hydroxyl groups is 1. The number of likely N-dealkylation sites (N-methyl/N-ethyl adjacent to an activating group) is 1. The Kier molecular flexibility index (Phi) is 4.71. The van der Waals surface area contributed by atoms with Gasteiger partial charge in [-0.2, -0.15) is 10.2 Å². The van der Waals surface area contributed by atoms with Gasteiger partial charge in [-0.25, -0.2) is 14.6 Å². The van der Waals surface area contributed by atoms with E-state index in [9.17, 15) is 9.90 Å². The molecule has 0 radical (unpaired) electrons. The topological polar surface area (TPSA) is 114 Å². The SMILES string of the molecule is CN1CC[C@@](O)(c2cccc(-n3ccc(-c4ccnc(Nc5ccn(C)n5)n4)n3)c2)C1=O. The molecule has 5 rings (SSSR count). The number of rotatable bonds is 5. The fourth-order valence-corrected chi connectivity index (χ4v) is 3.79. The summed E-state index contributed by atoms with van der Waals surface area (Å²) in [5.74, 6) is 0.783. The molecule has 4 heterocycles. The van der Waals surface area contributed by atoms with E-state index in [1.807, 2.05) is 43.7 Å². The van der Waals surface area contributed by atoms with Crippen molar-refractivity contribution in [3.8, 4) is 17.1 Å². The highest BCUT2D eigenvalue weighted by Crippen LogP contribution is 2.33. The predicted molar refractivity (Wildman–Crippen MR) is 117 cm³/mol. The van der Waals surface area contributed by atoms with E-state index in [-0.39, 0.29) is 5.91 Å². The van der Waals surface area contributed by atoms with Crippen LogP contribution in [0.5, 0.6) is 0 Å². The number of hydrogen-bond donors (Lipinski definition) is 2. The Morgan fingerprint density at radius 1 is 1.06 bits per heavy atom. The monoisotopic (exact) mass is 430 g/mol. The maximum atomic E-state index is 12.5. The summed E-state index contributed by atoms with van der Waals surface area (Å²) in [6, 6.07) is 12.7. The third kappa shape index (κ3) is 3.50. The summed E-state index contributed by atoms with van der Waals surface area (Å²) in [4.78, 5) is 22.8. The maximum Gasteiger partial charge on any atom is 0.258 e. The van der Waals surface area contributed by atoms with Crippen LogP contribution in [0, 0.1) is 0 Å². The lowest BCUT2D eigenvalue weighted by Crippen LogP contribution is -2.36. The van der Waals surface area contributed by atoms with Gasteiger partial charge in [-0.05, 0) is 29.8 Å². The quantitative estimate of drug-likeness (QED) is 0.497. The zero-order valence-corrected chi connectivity index (χ0v) is 17.7. The van der Waals surface area contributed by atoms with Crippen molar-refractivity contribution in [2.24, 2.45) is 7.05 Å². The number of amides is 1. The number of likely N-dealkylation sites (tertiary alicyclic amines) is 1. The summed E-state index contributed by atoms with van der Waals surface area (Å²) < 4.78 is 3.38. The summed E-state index contributed by atoms with van der Waals surface area (Å²) in [7, 11) is 3.53. The van der Waals surface area contributed by atoms with E-state index in [2.05, 4.69) is 25.5 Å². The minimum atomic E-state index is -1.50. The van der Waals surface area contributed by atoms with Gasteiger partial charge in [-0.1, -0.05) is 12.1 Å². The van der Waals surface area contributed by atoms with Crippen molar-refractivity contribution in [3.63, 3.8) is 0 Å². The Bertz CT molecular complexity index is 1300. The van der Waals surface area contributed by atoms with Gasteiger partial charge in [-0.15, -0.1) is 0 Å². The summed E-state index contributed by atoms with van der Waals surface area (Å²) in [5.41, 5.74) is 1.12. The molecule has 2 N–H and O–H groups in total. The first-order valence-corrected chi connectivity index (χ1v) is 10.2. The first-order chi connectivity index (χ1) is 15.4. The van der Waals surface area contributed by atoms with E-state index in [1.165, 1.54) is 0 Å². The van der Waals surface area contributed by atoms with Crippen molar-refractivity contribution in [1.82, 2.24) is 34.4 Å². The fraction of sp³-hybridized carbons (Fsp3) is 0.227. The van der Waals surface area contributed by atoms with Crippen molar-refractivity contribution in [2.75, 3.05) is 18.9 Å². The lowest BCUT2D eigenvalue weighted by Gasteiger charge is -2.21. The smallest absolute Gasteiger partial charge is 0.258 e. The summed E-state index contributed by atoms with van der Waals surface area (Å²) in [6.45, 7) is 0.522. The van der Waals surface area contributed by atoms with Crippen LogP contribution in [0.2, 0.25) is 0 Å². The highest BCUT2D eigenvalue weighted by molar-refractivity contribution is 5.88. The van der Waals surface area contributed by atoms with Gasteiger partial charge in [0, 0.05) is 51.7 Å². The average Bonchev–Trinajstić information content (AvgIpc) is 3.52. The normalized spacial score (nSPS) is 18.3. The molecule has 0 saturated carbocycles. The molecule has 10 heteroatoms. The van der Waals surface area contributed by atoms with Gasteiger partial charge < -0.3 is 15.3 Å². The number of carbonyl (C=O) groups is 1. The van der Waals surface area contributed by atoms with Crippen molar-refractivity contribution in [2.45, 2.75) is 12.0 Å². The molecule has 10 nitrogen and oxygen atoms in total. The third-order valence-corrected chi connectivity index (χ3v) is 5.56. The van der Waals surface area contributed by atoms with E-state index < -0.39 is 5.60 Å². The molecule has 0 aliphatic carbocycles. The van der Waals surface area contributed by atoms with Crippen LogP contribution in [0.1, 0.15) is 12.0 Å². The maximum absolute atomic E-state index is 12.5. The highest BCUT2D eigenvalue weighted by atomic mass is 16.3. The van der Waals surface area contributed by atoms with Gasteiger partial charge in [0.2, 0.25) is 5.95 Å². The Morgan fingerprint density at radius 3 is 2.69 bits per heavy atom. The number of benzene rings is 1. The Balaban J connectivity index is 1.41. The standard InChI is InChI=1S/C22H22N8O2/c1-28-13-9-22(32,20(28)31)15-4-3-5-16(14-15)30-12-7-18(26-30)17-6-10-23-21(24-17)25-19-8-11-29(2)27-19/h3-8,10-12,14,32H,9,13H2,1-2H3,(H,23,24,25,27)/t22-/m1/s1. The molecule has 1 aliphatic rings. The van der Waals surface area contributed by atoms with Crippen LogP contribution in [-0.4, -0.2) is 59.0 Å². The molecular formula is C22H22N8O2. The molecule has 1 aliphatic heterocycles. The van der Waals surface area contributed by atoms with Gasteiger partial charge in [0.25, 0.3) is 5.91 Å². The van der Waals surface area contributed by atoms with Gasteiger partial charge in [0.1, 0.15) is 5.69 Å². The van der Waals surface area contributed by atoms with Crippen LogP contribution < -0.4 is 5.32 Å². The van der Waals surface area contributed by atoms with Gasteiger partial charge in [0.05, 0.1) is 11.4 Å². The highest BCUT2D eigenvalue weighted by Gasteiger charge is 2.45. The number of carbonyl (C=O) groups excluding carboxylic acids is 1. The first-order valence-electron chi connectivity index (χ1n) is 10.2. The lowest BCUT2D eigenvalue weighted by atomic mass is 9.92. The van der Waals surface area contributed by atoms with E-state index in [0.29, 0.717) is 41.7 Å². The Morgan fingerprint density at radius 2 is 1.94 bits per heavy atom. The zero-order chi connectivity index (χ0) is 22.3. The molecule has 162 valence electrons. The van der Waals surface area contributed by atoms with E-state index >= 15 is 0 Å². The van der Waals surface area contributed by atoms with Gasteiger partial charge >= 0.3 is 0 Å². The summed E-state index contributed by atoms with van der Waals surface area (Å²) >= 11 is 0. The number of nitrogens with one attached hydrogen (secondary N) is 1. The van der Waals surface area contributed by atoms with Gasteiger partial charge in [-0.3, -0.25) is 9.48 Å². The molecular weight excluding hydrogens is 408 g/mol. The van der Waals surface area contributed by atoms with E-state index in [1.54, 1.807) is 45.7 Å². The zero-order valence-electron chi connectivity index (χ0n) is 17.7. The average molecular weight is 430 g/mol. The molecule has 0 spiro atoms. The van der Waals surface area contributed by atoms with Gasteiger partial charge in [0.15, 0.2) is 11.4 Å². The lowest BCUT2D eigenvalue weighted by molar-refractivity contribution is -0.143.